The summed E-state index contributed by atoms with van der Waals surface area (Å²) < 4.78 is 28.3. The van der Waals surface area contributed by atoms with Crippen molar-refractivity contribution in [1.82, 2.24) is 4.72 Å². The summed E-state index contributed by atoms with van der Waals surface area (Å²) in [4.78, 5) is 0.0424. The molecule has 0 fully saturated rings. The SMILES string of the molecule is O=S(=O)(NC1c2ccccc2CC1Br)c1cc(Cl)sc1Cl. The lowest BCUT2D eigenvalue weighted by Gasteiger charge is -2.17. The molecule has 8 heteroatoms. The van der Waals surface area contributed by atoms with E-state index < -0.39 is 10.0 Å². The lowest BCUT2D eigenvalue weighted by atomic mass is 10.1. The van der Waals surface area contributed by atoms with E-state index in [0.29, 0.717) is 4.34 Å². The zero-order valence-electron chi connectivity index (χ0n) is 10.5. The van der Waals surface area contributed by atoms with Gasteiger partial charge in [0.1, 0.15) is 9.23 Å². The van der Waals surface area contributed by atoms with E-state index in [1.54, 1.807) is 0 Å². The maximum Gasteiger partial charge on any atom is 0.243 e. The van der Waals surface area contributed by atoms with Gasteiger partial charge in [-0.15, -0.1) is 11.3 Å². The van der Waals surface area contributed by atoms with E-state index in [1.165, 1.54) is 6.07 Å². The fourth-order valence-electron chi connectivity index (χ4n) is 2.42. The molecule has 1 aromatic heterocycles. The molecule has 0 saturated carbocycles. The number of rotatable bonds is 3. The molecule has 1 N–H and O–H groups in total. The molecule has 0 bridgehead atoms. The Hall–Kier alpha value is -0.110. The van der Waals surface area contributed by atoms with Gasteiger partial charge < -0.3 is 0 Å². The Labute approximate surface area is 145 Å². The predicted molar refractivity (Wildman–Crippen MR) is 90.3 cm³/mol. The van der Waals surface area contributed by atoms with Crippen molar-refractivity contribution in [2.45, 2.75) is 22.2 Å². The molecule has 0 spiro atoms. The molecule has 3 rings (SSSR count). The van der Waals surface area contributed by atoms with E-state index in [4.69, 9.17) is 23.2 Å². The van der Waals surface area contributed by atoms with Crippen LogP contribution in [0.4, 0.5) is 0 Å². The molecular formula is C13H10BrCl2NO2S2. The number of thiophene rings is 1. The first-order valence-corrected chi connectivity index (χ1v) is 10.0. The van der Waals surface area contributed by atoms with Crippen molar-refractivity contribution in [3.05, 3.63) is 50.1 Å². The molecule has 1 aromatic carbocycles. The number of hydrogen-bond donors (Lipinski definition) is 1. The highest BCUT2D eigenvalue weighted by Gasteiger charge is 2.34. The average Bonchev–Trinajstić information content (AvgIpc) is 2.91. The van der Waals surface area contributed by atoms with Gasteiger partial charge in [0.05, 0.1) is 10.4 Å². The summed E-state index contributed by atoms with van der Waals surface area (Å²) in [6, 6.07) is 8.85. The number of nitrogens with one attached hydrogen (secondary N) is 1. The van der Waals surface area contributed by atoms with Gasteiger partial charge in [0.15, 0.2) is 0 Å². The second kappa shape index (κ2) is 5.83. The standard InChI is InChI=1S/C13H10BrCl2NO2S2/c14-9-5-7-3-1-2-4-8(7)12(9)17-21(18,19)10-6-11(15)20-13(10)16/h1-4,6,9,12,17H,5H2. The second-order valence-electron chi connectivity index (χ2n) is 4.71. The van der Waals surface area contributed by atoms with Gasteiger partial charge in [-0.2, -0.15) is 0 Å². The minimum atomic E-state index is -3.72. The average molecular weight is 427 g/mol. The van der Waals surface area contributed by atoms with Gasteiger partial charge in [0.2, 0.25) is 10.0 Å². The van der Waals surface area contributed by atoms with Crippen LogP contribution in [0.25, 0.3) is 0 Å². The summed E-state index contributed by atoms with van der Waals surface area (Å²) in [5, 5.41) is 0. The normalized spacial score (nSPS) is 21.5. The van der Waals surface area contributed by atoms with E-state index in [9.17, 15) is 8.42 Å². The quantitative estimate of drug-likeness (QED) is 0.739. The van der Waals surface area contributed by atoms with Crippen LogP contribution in [0.3, 0.4) is 0 Å². The number of hydrogen-bond acceptors (Lipinski definition) is 3. The maximum absolute atomic E-state index is 12.5. The summed E-state index contributed by atoms with van der Waals surface area (Å²) in [6.45, 7) is 0. The third kappa shape index (κ3) is 3.02. The predicted octanol–water partition coefficient (Wildman–Crippen LogP) is 4.39. The Morgan fingerprint density at radius 1 is 1.29 bits per heavy atom. The minimum absolute atomic E-state index is 0.0116. The van der Waals surface area contributed by atoms with Crippen LogP contribution >= 0.6 is 50.5 Å². The fourth-order valence-corrected chi connectivity index (χ4v) is 6.77. The van der Waals surface area contributed by atoms with Gasteiger partial charge in [0.25, 0.3) is 0 Å². The first-order chi connectivity index (χ1) is 9.88. The molecule has 2 unspecified atom stereocenters. The fraction of sp³-hybridized carbons (Fsp3) is 0.231. The lowest BCUT2D eigenvalue weighted by Crippen LogP contribution is -2.31. The van der Waals surface area contributed by atoms with Crippen LogP contribution < -0.4 is 4.72 Å². The van der Waals surface area contributed by atoms with Crippen molar-refractivity contribution in [2.75, 3.05) is 0 Å². The van der Waals surface area contributed by atoms with Gasteiger partial charge >= 0.3 is 0 Å². The third-order valence-corrected chi connectivity index (χ3v) is 7.41. The molecule has 1 heterocycles. The Bertz CT molecular complexity index is 791. The summed E-state index contributed by atoms with van der Waals surface area (Å²) in [5.41, 5.74) is 2.13. The summed E-state index contributed by atoms with van der Waals surface area (Å²) in [6.07, 6.45) is 0.779. The smallest absolute Gasteiger partial charge is 0.207 e. The van der Waals surface area contributed by atoms with E-state index in [2.05, 4.69) is 20.7 Å². The molecule has 21 heavy (non-hydrogen) atoms. The lowest BCUT2D eigenvalue weighted by molar-refractivity contribution is 0.560. The summed E-state index contributed by atoms with van der Waals surface area (Å²) in [7, 11) is -3.72. The topological polar surface area (TPSA) is 46.2 Å². The van der Waals surface area contributed by atoms with Crippen molar-refractivity contribution < 1.29 is 8.42 Å². The highest BCUT2D eigenvalue weighted by atomic mass is 79.9. The van der Waals surface area contributed by atoms with Crippen LogP contribution in [0.5, 0.6) is 0 Å². The number of alkyl halides is 1. The van der Waals surface area contributed by atoms with E-state index in [-0.39, 0.29) is 20.1 Å². The van der Waals surface area contributed by atoms with E-state index in [1.807, 2.05) is 24.3 Å². The minimum Gasteiger partial charge on any atom is -0.207 e. The second-order valence-corrected chi connectivity index (χ2v) is 9.85. The van der Waals surface area contributed by atoms with E-state index >= 15 is 0 Å². The van der Waals surface area contributed by atoms with Gasteiger partial charge in [-0.1, -0.05) is 63.4 Å². The largest absolute Gasteiger partial charge is 0.243 e. The molecule has 0 aliphatic heterocycles. The van der Waals surface area contributed by atoms with Crippen molar-refractivity contribution in [3.8, 4) is 0 Å². The Morgan fingerprint density at radius 2 is 2.00 bits per heavy atom. The Morgan fingerprint density at radius 3 is 2.67 bits per heavy atom. The van der Waals surface area contributed by atoms with Crippen LogP contribution in [-0.2, 0) is 16.4 Å². The van der Waals surface area contributed by atoms with Crippen molar-refractivity contribution in [1.29, 1.82) is 0 Å². The maximum atomic E-state index is 12.5. The molecule has 1 aliphatic rings. The highest BCUT2D eigenvalue weighted by Crippen LogP contribution is 2.39. The number of halogens is 3. The van der Waals surface area contributed by atoms with Crippen LogP contribution in [0.2, 0.25) is 8.67 Å². The summed E-state index contributed by atoms with van der Waals surface area (Å²) >= 11 is 16.4. The molecule has 3 nitrogen and oxygen atoms in total. The van der Waals surface area contributed by atoms with Crippen molar-refractivity contribution in [3.63, 3.8) is 0 Å². The van der Waals surface area contributed by atoms with Gasteiger partial charge in [0, 0.05) is 4.83 Å². The molecule has 1 aliphatic carbocycles. The molecule has 0 radical (unpaired) electrons. The van der Waals surface area contributed by atoms with Crippen molar-refractivity contribution in [2.24, 2.45) is 0 Å². The number of sulfonamides is 1. The van der Waals surface area contributed by atoms with Crippen LogP contribution in [0.1, 0.15) is 17.2 Å². The monoisotopic (exact) mass is 425 g/mol. The first kappa shape index (κ1) is 15.8. The zero-order valence-corrected chi connectivity index (χ0v) is 15.2. The van der Waals surface area contributed by atoms with Crippen molar-refractivity contribution >= 4 is 60.5 Å². The molecule has 112 valence electrons. The Kier molecular flexibility index (Phi) is 4.38. The highest BCUT2D eigenvalue weighted by molar-refractivity contribution is 9.09. The van der Waals surface area contributed by atoms with Crippen LogP contribution in [0.15, 0.2) is 35.2 Å². The van der Waals surface area contributed by atoms with Gasteiger partial charge in [-0.25, -0.2) is 13.1 Å². The number of fused-ring (bicyclic) bond motifs is 1. The first-order valence-electron chi connectivity index (χ1n) is 6.07. The molecule has 2 atom stereocenters. The molecule has 2 aromatic rings. The molecular weight excluding hydrogens is 417 g/mol. The molecule has 0 saturated heterocycles. The van der Waals surface area contributed by atoms with Crippen LogP contribution in [-0.4, -0.2) is 13.2 Å². The summed E-state index contributed by atoms with van der Waals surface area (Å²) in [5.74, 6) is 0. The zero-order chi connectivity index (χ0) is 15.2. The third-order valence-electron chi connectivity index (χ3n) is 3.36. The Balaban J connectivity index is 1.95. The van der Waals surface area contributed by atoms with Gasteiger partial charge in [-0.05, 0) is 23.6 Å². The molecule has 0 amide bonds. The number of benzene rings is 1. The van der Waals surface area contributed by atoms with Crippen LogP contribution in [0, 0.1) is 0 Å². The van der Waals surface area contributed by atoms with E-state index in [0.717, 1.165) is 28.9 Å². The van der Waals surface area contributed by atoms with Gasteiger partial charge in [-0.3, -0.25) is 0 Å².